The van der Waals surface area contributed by atoms with Gasteiger partial charge < -0.3 is 30.3 Å². The van der Waals surface area contributed by atoms with E-state index in [0.29, 0.717) is 35.3 Å². The van der Waals surface area contributed by atoms with E-state index in [1.807, 2.05) is 47.4 Å². The van der Waals surface area contributed by atoms with Crippen LogP contribution in [-0.4, -0.2) is 103 Å². The third-order valence-electron chi connectivity index (χ3n) is 9.18. The second-order valence-corrected chi connectivity index (χ2v) is 12.1. The Hall–Kier alpha value is -3.99. The quantitative estimate of drug-likeness (QED) is 0.357. The molecule has 3 saturated heterocycles. The Balaban J connectivity index is 0.995. The van der Waals surface area contributed by atoms with Crippen molar-refractivity contribution < 1.29 is 19.1 Å². The Kier molecular flexibility index (Phi) is 10.2. The number of pyridine rings is 1. The summed E-state index contributed by atoms with van der Waals surface area (Å²) in [5, 5.41) is 2.99. The number of rotatable bonds is 10. The first kappa shape index (κ1) is 31.0. The molecule has 4 heterocycles. The summed E-state index contributed by atoms with van der Waals surface area (Å²) < 4.78 is 11.4. The fourth-order valence-electron chi connectivity index (χ4n) is 6.43. The number of carbonyl (C=O) groups is 2. The van der Waals surface area contributed by atoms with E-state index >= 15 is 0 Å². The van der Waals surface area contributed by atoms with Gasteiger partial charge in [0, 0.05) is 68.2 Å². The number of piperidine rings is 1. The van der Waals surface area contributed by atoms with Crippen LogP contribution in [0.4, 0.5) is 5.82 Å². The highest BCUT2D eigenvalue weighted by Crippen LogP contribution is 2.29. The molecule has 0 saturated carbocycles. The average Bonchev–Trinajstić information content (AvgIpc) is 3.64. The summed E-state index contributed by atoms with van der Waals surface area (Å²) in [6.07, 6.45) is 6.43. The summed E-state index contributed by atoms with van der Waals surface area (Å²) in [6, 6.07) is 17.6. The topological polar surface area (TPSA) is 113 Å². The molecule has 3 aromatic rings. The predicted molar refractivity (Wildman–Crippen MR) is 174 cm³/mol. The van der Waals surface area contributed by atoms with Crippen molar-refractivity contribution in [2.24, 2.45) is 0 Å². The molecule has 238 valence electrons. The van der Waals surface area contributed by atoms with E-state index in [9.17, 15) is 9.59 Å². The summed E-state index contributed by atoms with van der Waals surface area (Å²) in [7, 11) is 0. The molecule has 0 aliphatic carbocycles. The normalized spacial score (nSPS) is 18.2. The van der Waals surface area contributed by atoms with Crippen LogP contribution < -0.4 is 15.8 Å². The Bertz CT molecular complexity index is 1430. The van der Waals surface area contributed by atoms with Crippen LogP contribution in [0.3, 0.4) is 0 Å². The molecule has 45 heavy (non-hydrogen) atoms. The summed E-state index contributed by atoms with van der Waals surface area (Å²) in [5.74, 6) is 0.793. The average molecular weight is 613 g/mol. The predicted octanol–water partition coefficient (Wildman–Crippen LogP) is 3.67. The molecule has 0 spiro atoms. The highest BCUT2D eigenvalue weighted by Gasteiger charge is 2.28. The minimum absolute atomic E-state index is 0.0910. The number of ether oxygens (including phenoxy) is 2. The number of aromatic nitrogens is 1. The van der Waals surface area contributed by atoms with Crippen molar-refractivity contribution in [2.45, 2.75) is 38.3 Å². The van der Waals surface area contributed by atoms with E-state index < -0.39 is 0 Å². The maximum atomic E-state index is 13.2. The van der Waals surface area contributed by atoms with Crippen LogP contribution in [0.2, 0.25) is 0 Å². The maximum Gasteiger partial charge on any atom is 0.253 e. The lowest BCUT2D eigenvalue weighted by Gasteiger charge is -2.36. The fourth-order valence-corrected chi connectivity index (χ4v) is 6.43. The van der Waals surface area contributed by atoms with Gasteiger partial charge in [-0.25, -0.2) is 4.98 Å². The number of hydrogen-bond acceptors (Lipinski definition) is 8. The smallest absolute Gasteiger partial charge is 0.253 e. The third-order valence-corrected chi connectivity index (χ3v) is 9.18. The van der Waals surface area contributed by atoms with Gasteiger partial charge in [-0.05, 0) is 80.2 Å². The number of morpholine rings is 1. The Morgan fingerprint density at radius 2 is 1.58 bits per heavy atom. The van der Waals surface area contributed by atoms with Crippen LogP contribution in [0.15, 0.2) is 60.8 Å². The fraction of sp³-hybridized carbons (Fsp3) is 0.457. The highest BCUT2D eigenvalue weighted by molar-refractivity contribution is 5.95. The Labute approximate surface area is 265 Å². The molecule has 2 amide bonds. The van der Waals surface area contributed by atoms with Gasteiger partial charge in [0.1, 0.15) is 6.61 Å². The van der Waals surface area contributed by atoms with Gasteiger partial charge in [0.05, 0.1) is 13.2 Å². The molecule has 1 aromatic heterocycles. The van der Waals surface area contributed by atoms with Crippen molar-refractivity contribution in [3.8, 4) is 16.9 Å². The number of likely N-dealkylation sites (tertiary alicyclic amines) is 2. The minimum Gasteiger partial charge on any atom is -0.485 e. The molecule has 2 aromatic carbocycles. The molecule has 3 aliphatic rings. The molecule has 10 heteroatoms. The SMILES string of the molecule is Nc1ncc(-c2ccc(C(=O)N3CCC(N4CCCC4)CC3)cc2)cc1OCc1ccc(C(=O)NCCN2CCOCC2)cc1. The molecule has 0 unspecified atom stereocenters. The van der Waals surface area contributed by atoms with Crippen LogP contribution >= 0.6 is 0 Å². The van der Waals surface area contributed by atoms with E-state index in [1.165, 1.54) is 25.9 Å². The second-order valence-electron chi connectivity index (χ2n) is 12.1. The van der Waals surface area contributed by atoms with Crippen LogP contribution in [0, 0.1) is 0 Å². The van der Waals surface area contributed by atoms with Gasteiger partial charge in [0.15, 0.2) is 11.6 Å². The van der Waals surface area contributed by atoms with Gasteiger partial charge in [0.2, 0.25) is 0 Å². The lowest BCUT2D eigenvalue weighted by molar-refractivity contribution is 0.0383. The number of hydrogen-bond donors (Lipinski definition) is 2. The van der Waals surface area contributed by atoms with E-state index in [2.05, 4.69) is 20.1 Å². The van der Waals surface area contributed by atoms with Gasteiger partial charge in [-0.2, -0.15) is 0 Å². The lowest BCUT2D eigenvalue weighted by Crippen LogP contribution is -2.45. The number of nitrogens with one attached hydrogen (secondary N) is 1. The van der Waals surface area contributed by atoms with Crippen molar-refractivity contribution in [3.05, 3.63) is 77.5 Å². The molecule has 0 bridgehead atoms. The van der Waals surface area contributed by atoms with Gasteiger partial charge >= 0.3 is 0 Å². The number of benzene rings is 2. The number of anilines is 1. The molecule has 10 nitrogen and oxygen atoms in total. The van der Waals surface area contributed by atoms with Crippen molar-refractivity contribution in [2.75, 3.05) is 71.3 Å². The van der Waals surface area contributed by atoms with E-state index in [4.69, 9.17) is 15.2 Å². The zero-order valence-electron chi connectivity index (χ0n) is 26.0. The number of carbonyl (C=O) groups excluding carboxylic acids is 2. The highest BCUT2D eigenvalue weighted by atomic mass is 16.5. The van der Waals surface area contributed by atoms with Crippen molar-refractivity contribution >= 4 is 17.6 Å². The van der Waals surface area contributed by atoms with E-state index in [1.54, 1.807) is 18.3 Å². The van der Waals surface area contributed by atoms with E-state index in [-0.39, 0.29) is 18.4 Å². The number of nitrogens with two attached hydrogens (primary N) is 1. The number of nitrogens with zero attached hydrogens (tertiary/aromatic N) is 4. The maximum absolute atomic E-state index is 13.2. The molecular formula is C35H44N6O4. The van der Waals surface area contributed by atoms with Crippen molar-refractivity contribution in [3.63, 3.8) is 0 Å². The van der Waals surface area contributed by atoms with Crippen LogP contribution in [0.1, 0.15) is 52.0 Å². The lowest BCUT2D eigenvalue weighted by atomic mass is 10.0. The summed E-state index contributed by atoms with van der Waals surface area (Å²) in [4.78, 5) is 37.0. The first-order chi connectivity index (χ1) is 22.0. The molecule has 3 fully saturated rings. The van der Waals surface area contributed by atoms with Crippen LogP contribution in [0.5, 0.6) is 5.75 Å². The summed E-state index contributed by atoms with van der Waals surface area (Å²) in [5.41, 5.74) is 10.1. The molecule has 0 atom stereocenters. The Morgan fingerprint density at radius 1 is 0.889 bits per heavy atom. The first-order valence-electron chi connectivity index (χ1n) is 16.2. The monoisotopic (exact) mass is 612 g/mol. The van der Waals surface area contributed by atoms with Gasteiger partial charge in [-0.3, -0.25) is 14.5 Å². The standard InChI is InChI=1S/C35H44N6O4/c36-33-32(45-25-26-3-5-28(6-4-26)34(42)37-13-18-39-19-21-44-22-20-39)23-30(24-38-33)27-7-9-29(10-8-27)35(43)41-16-11-31(12-17-41)40-14-1-2-15-40/h3-10,23-24,31H,1-2,11-22,25H2,(H2,36,38)(H,37,42). The molecule has 0 radical (unpaired) electrons. The summed E-state index contributed by atoms with van der Waals surface area (Å²) in [6.45, 7) is 9.04. The number of amides is 2. The van der Waals surface area contributed by atoms with E-state index in [0.717, 1.165) is 75.5 Å². The van der Waals surface area contributed by atoms with Gasteiger partial charge in [-0.1, -0.05) is 24.3 Å². The van der Waals surface area contributed by atoms with Gasteiger partial charge in [0.25, 0.3) is 11.8 Å². The third kappa shape index (κ3) is 8.00. The Morgan fingerprint density at radius 3 is 2.29 bits per heavy atom. The zero-order valence-corrected chi connectivity index (χ0v) is 26.0. The molecule has 3 aliphatic heterocycles. The van der Waals surface area contributed by atoms with Gasteiger partial charge in [-0.15, -0.1) is 0 Å². The van der Waals surface area contributed by atoms with Crippen LogP contribution in [0.25, 0.3) is 11.1 Å². The first-order valence-corrected chi connectivity index (χ1v) is 16.2. The van der Waals surface area contributed by atoms with Crippen molar-refractivity contribution in [1.82, 2.24) is 25.0 Å². The molecular weight excluding hydrogens is 568 g/mol. The minimum atomic E-state index is -0.0910. The molecule has 6 rings (SSSR count). The largest absolute Gasteiger partial charge is 0.485 e. The zero-order chi connectivity index (χ0) is 31.0. The van der Waals surface area contributed by atoms with Crippen LogP contribution in [-0.2, 0) is 11.3 Å². The number of nitrogen functional groups attached to an aromatic ring is 1. The summed E-state index contributed by atoms with van der Waals surface area (Å²) >= 11 is 0. The molecule has 3 N–H and O–H groups in total. The van der Waals surface area contributed by atoms with Crippen molar-refractivity contribution in [1.29, 1.82) is 0 Å². The second kappa shape index (κ2) is 14.9.